The molecule has 1 atom stereocenters. The highest BCUT2D eigenvalue weighted by Gasteiger charge is 2.29. The number of hydrogen-bond donors (Lipinski definition) is 3. The van der Waals surface area contributed by atoms with E-state index in [2.05, 4.69) is 16.0 Å². The van der Waals surface area contributed by atoms with E-state index in [4.69, 9.17) is 0 Å². The minimum absolute atomic E-state index is 0.113. The van der Waals surface area contributed by atoms with Gasteiger partial charge in [-0.25, -0.2) is 4.79 Å². The first kappa shape index (κ1) is 15.0. The lowest BCUT2D eigenvalue weighted by molar-refractivity contribution is -0.122. The summed E-state index contributed by atoms with van der Waals surface area (Å²) < 4.78 is 0. The largest absolute Gasteiger partial charge is 0.356 e. The lowest BCUT2D eigenvalue weighted by Crippen LogP contribution is -2.32. The lowest BCUT2D eigenvalue weighted by Gasteiger charge is -2.09. The Labute approximate surface area is 123 Å². The third kappa shape index (κ3) is 4.30. The number of urea groups is 1. The van der Waals surface area contributed by atoms with Crippen LogP contribution in [0.4, 0.5) is 4.79 Å². The minimum Gasteiger partial charge on any atom is -0.356 e. The van der Waals surface area contributed by atoms with Gasteiger partial charge in [0.25, 0.3) is 5.91 Å². The summed E-state index contributed by atoms with van der Waals surface area (Å²) in [6.07, 6.45) is 1.30. The standard InChI is InChI=1S/C15H19N3O3/c1-10-4-2-3-5-11(10)8-9-16-13(19)7-6-12-14(20)18-15(21)17-12/h2-5,12H,6-9H2,1H3,(H,16,19)(H2,17,18,20,21)/t12-/m0/s1. The van der Waals surface area contributed by atoms with E-state index in [1.54, 1.807) is 0 Å². The van der Waals surface area contributed by atoms with E-state index in [1.807, 2.05) is 31.2 Å². The molecule has 1 aliphatic rings. The van der Waals surface area contributed by atoms with Crippen LogP contribution in [0.2, 0.25) is 0 Å². The fourth-order valence-electron chi connectivity index (χ4n) is 2.25. The Bertz CT molecular complexity index is 557. The van der Waals surface area contributed by atoms with Crippen molar-refractivity contribution in [2.24, 2.45) is 0 Å². The van der Waals surface area contributed by atoms with Crippen LogP contribution in [0.1, 0.15) is 24.0 Å². The highest BCUT2D eigenvalue weighted by Crippen LogP contribution is 2.07. The third-order valence-electron chi connectivity index (χ3n) is 3.50. The van der Waals surface area contributed by atoms with Gasteiger partial charge in [0.05, 0.1) is 0 Å². The smallest absolute Gasteiger partial charge is 0.322 e. The highest BCUT2D eigenvalue weighted by molar-refractivity contribution is 6.04. The van der Waals surface area contributed by atoms with Gasteiger partial charge in [-0.3, -0.25) is 14.9 Å². The van der Waals surface area contributed by atoms with Crippen LogP contribution in [0.5, 0.6) is 0 Å². The van der Waals surface area contributed by atoms with Gasteiger partial charge in [0, 0.05) is 13.0 Å². The summed E-state index contributed by atoms with van der Waals surface area (Å²) in [6.45, 7) is 2.60. The number of benzene rings is 1. The molecule has 1 aromatic carbocycles. The zero-order chi connectivity index (χ0) is 15.2. The topological polar surface area (TPSA) is 87.3 Å². The van der Waals surface area contributed by atoms with Crippen molar-refractivity contribution in [2.75, 3.05) is 6.54 Å². The van der Waals surface area contributed by atoms with Crippen LogP contribution in [0.3, 0.4) is 0 Å². The van der Waals surface area contributed by atoms with Crippen LogP contribution in [0.25, 0.3) is 0 Å². The number of nitrogens with one attached hydrogen (secondary N) is 3. The zero-order valence-corrected chi connectivity index (χ0v) is 11.9. The van der Waals surface area contributed by atoms with E-state index in [0.29, 0.717) is 13.0 Å². The second-order valence-corrected chi connectivity index (χ2v) is 5.08. The highest BCUT2D eigenvalue weighted by atomic mass is 16.2. The number of carbonyl (C=O) groups is 3. The van der Waals surface area contributed by atoms with Gasteiger partial charge in [-0.1, -0.05) is 24.3 Å². The average Bonchev–Trinajstić information content (AvgIpc) is 2.77. The molecule has 4 amide bonds. The third-order valence-corrected chi connectivity index (χ3v) is 3.50. The van der Waals surface area contributed by atoms with Crippen molar-refractivity contribution in [2.45, 2.75) is 32.2 Å². The molecule has 1 fully saturated rings. The molecule has 0 aliphatic carbocycles. The summed E-state index contributed by atoms with van der Waals surface area (Å²) in [5, 5.41) is 7.43. The van der Waals surface area contributed by atoms with E-state index < -0.39 is 12.1 Å². The maximum absolute atomic E-state index is 11.7. The van der Waals surface area contributed by atoms with Crippen LogP contribution >= 0.6 is 0 Å². The van der Waals surface area contributed by atoms with Crippen molar-refractivity contribution < 1.29 is 14.4 Å². The molecular formula is C15H19N3O3. The van der Waals surface area contributed by atoms with Gasteiger partial charge in [-0.05, 0) is 30.9 Å². The molecular weight excluding hydrogens is 270 g/mol. The zero-order valence-electron chi connectivity index (χ0n) is 11.9. The maximum atomic E-state index is 11.7. The van der Waals surface area contributed by atoms with Crippen LogP contribution in [-0.4, -0.2) is 30.4 Å². The molecule has 112 valence electrons. The monoisotopic (exact) mass is 289 g/mol. The number of hydrogen-bond acceptors (Lipinski definition) is 3. The Morgan fingerprint density at radius 1 is 1.29 bits per heavy atom. The van der Waals surface area contributed by atoms with Gasteiger partial charge < -0.3 is 10.6 Å². The van der Waals surface area contributed by atoms with Gasteiger partial charge >= 0.3 is 6.03 Å². The van der Waals surface area contributed by atoms with E-state index >= 15 is 0 Å². The van der Waals surface area contributed by atoms with Gasteiger partial charge in [0.1, 0.15) is 6.04 Å². The maximum Gasteiger partial charge on any atom is 0.322 e. The average molecular weight is 289 g/mol. The second kappa shape index (κ2) is 6.88. The minimum atomic E-state index is -0.598. The first-order valence-electron chi connectivity index (χ1n) is 6.99. The molecule has 21 heavy (non-hydrogen) atoms. The van der Waals surface area contributed by atoms with Gasteiger partial charge in [-0.15, -0.1) is 0 Å². The Kier molecular flexibility index (Phi) is 4.92. The van der Waals surface area contributed by atoms with Crippen molar-refractivity contribution in [3.63, 3.8) is 0 Å². The summed E-state index contributed by atoms with van der Waals surface area (Å²) in [6, 6.07) is 6.95. The summed E-state index contributed by atoms with van der Waals surface area (Å²) in [7, 11) is 0. The van der Waals surface area contributed by atoms with Gasteiger partial charge in [0.15, 0.2) is 0 Å². The van der Waals surface area contributed by atoms with Crippen LogP contribution in [0.15, 0.2) is 24.3 Å². The Morgan fingerprint density at radius 2 is 2.05 bits per heavy atom. The van der Waals surface area contributed by atoms with Crippen molar-refractivity contribution in [1.82, 2.24) is 16.0 Å². The van der Waals surface area contributed by atoms with E-state index in [0.717, 1.165) is 6.42 Å². The van der Waals surface area contributed by atoms with Crippen molar-refractivity contribution in [3.05, 3.63) is 35.4 Å². The number of rotatable bonds is 6. The van der Waals surface area contributed by atoms with Crippen molar-refractivity contribution >= 4 is 17.8 Å². The second-order valence-electron chi connectivity index (χ2n) is 5.08. The Morgan fingerprint density at radius 3 is 2.71 bits per heavy atom. The molecule has 1 heterocycles. The summed E-state index contributed by atoms with van der Waals surface area (Å²) in [4.78, 5) is 33.9. The fraction of sp³-hybridized carbons (Fsp3) is 0.400. The number of amides is 4. The number of aryl methyl sites for hydroxylation is 1. The van der Waals surface area contributed by atoms with Crippen LogP contribution < -0.4 is 16.0 Å². The molecule has 0 radical (unpaired) electrons. The molecule has 0 aromatic heterocycles. The Hall–Kier alpha value is -2.37. The molecule has 0 unspecified atom stereocenters. The molecule has 1 saturated heterocycles. The molecule has 6 nitrogen and oxygen atoms in total. The Balaban J connectivity index is 1.67. The van der Waals surface area contributed by atoms with Crippen LogP contribution in [0, 0.1) is 6.92 Å². The predicted octanol–water partition coefficient (Wildman–Crippen LogP) is 0.642. The van der Waals surface area contributed by atoms with E-state index in [-0.39, 0.29) is 18.2 Å². The SMILES string of the molecule is Cc1ccccc1CCNC(=O)CC[C@@H]1NC(=O)NC1=O. The van der Waals surface area contributed by atoms with E-state index in [9.17, 15) is 14.4 Å². The summed E-state index contributed by atoms with van der Waals surface area (Å²) in [5.41, 5.74) is 2.41. The van der Waals surface area contributed by atoms with Crippen LogP contribution in [-0.2, 0) is 16.0 Å². The van der Waals surface area contributed by atoms with Crippen molar-refractivity contribution in [3.8, 4) is 0 Å². The van der Waals surface area contributed by atoms with Gasteiger partial charge in [-0.2, -0.15) is 0 Å². The summed E-state index contributed by atoms with van der Waals surface area (Å²) in [5.74, 6) is -0.481. The first-order chi connectivity index (χ1) is 10.1. The molecule has 1 aliphatic heterocycles. The first-order valence-corrected chi connectivity index (χ1v) is 6.99. The normalized spacial score (nSPS) is 17.3. The molecule has 2 rings (SSSR count). The molecule has 1 aromatic rings. The summed E-state index contributed by atoms with van der Waals surface area (Å²) >= 11 is 0. The number of imide groups is 1. The predicted molar refractivity (Wildman–Crippen MR) is 77.6 cm³/mol. The van der Waals surface area contributed by atoms with Gasteiger partial charge in [0.2, 0.25) is 5.91 Å². The fourth-order valence-corrected chi connectivity index (χ4v) is 2.25. The molecule has 3 N–H and O–H groups in total. The quantitative estimate of drug-likeness (QED) is 0.672. The van der Waals surface area contributed by atoms with E-state index in [1.165, 1.54) is 11.1 Å². The molecule has 0 bridgehead atoms. The van der Waals surface area contributed by atoms with Crippen molar-refractivity contribution in [1.29, 1.82) is 0 Å². The number of carbonyl (C=O) groups excluding carboxylic acids is 3. The molecule has 0 saturated carbocycles. The molecule has 0 spiro atoms. The molecule has 6 heteroatoms. The lowest BCUT2D eigenvalue weighted by atomic mass is 10.1.